The summed E-state index contributed by atoms with van der Waals surface area (Å²) in [6.45, 7) is 4.25. The Labute approximate surface area is 99.0 Å². The van der Waals surface area contributed by atoms with E-state index in [1.807, 2.05) is 18.3 Å². The molecule has 0 aliphatic rings. The number of benzene rings is 1. The summed E-state index contributed by atoms with van der Waals surface area (Å²) in [5, 5.41) is 2.41. The minimum Gasteiger partial charge on any atom is -0.244 e. The normalized spacial score (nSPS) is 10.1. The van der Waals surface area contributed by atoms with Crippen molar-refractivity contribution in [1.29, 1.82) is 0 Å². The van der Waals surface area contributed by atoms with Crippen LogP contribution in [0.25, 0.3) is 20.3 Å². The molecule has 2 heterocycles. The zero-order valence-corrected chi connectivity index (χ0v) is 10.3. The molecule has 0 unspecified atom stereocenters. The van der Waals surface area contributed by atoms with Gasteiger partial charge < -0.3 is 0 Å². The fourth-order valence-electron chi connectivity index (χ4n) is 1.47. The van der Waals surface area contributed by atoms with E-state index in [2.05, 4.69) is 35.9 Å². The van der Waals surface area contributed by atoms with Crippen LogP contribution in [0.1, 0.15) is 20.3 Å². The van der Waals surface area contributed by atoms with Crippen molar-refractivity contribution in [1.82, 2.24) is 9.97 Å². The Balaban J connectivity index is 0.000000292. The highest BCUT2D eigenvalue weighted by atomic mass is 32.1. The van der Waals surface area contributed by atoms with Crippen molar-refractivity contribution in [2.24, 2.45) is 0 Å². The first-order valence-corrected chi connectivity index (χ1v) is 6.25. The number of rotatable bonds is 0. The van der Waals surface area contributed by atoms with E-state index < -0.39 is 0 Å². The van der Waals surface area contributed by atoms with Gasteiger partial charge in [0.15, 0.2) is 0 Å². The molecular formula is C13H14N2S. The second-order valence-electron chi connectivity index (χ2n) is 3.55. The lowest BCUT2D eigenvalue weighted by atomic mass is 10.2. The first-order valence-electron chi connectivity index (χ1n) is 5.44. The molecule has 0 amide bonds. The van der Waals surface area contributed by atoms with Gasteiger partial charge in [0, 0.05) is 21.7 Å². The van der Waals surface area contributed by atoms with Crippen LogP contribution >= 0.6 is 11.3 Å². The minimum atomic E-state index is 1.07. The van der Waals surface area contributed by atoms with Gasteiger partial charge in [-0.25, -0.2) is 9.97 Å². The van der Waals surface area contributed by atoms with Gasteiger partial charge in [0.1, 0.15) is 11.2 Å². The van der Waals surface area contributed by atoms with Crippen LogP contribution in [0.15, 0.2) is 36.8 Å². The van der Waals surface area contributed by atoms with Crippen LogP contribution in [0, 0.1) is 0 Å². The lowest BCUT2D eigenvalue weighted by Gasteiger charge is -1.87. The largest absolute Gasteiger partial charge is 0.244 e. The zero-order chi connectivity index (χ0) is 11.4. The smallest absolute Gasteiger partial charge is 0.127 e. The SMILES string of the molecule is CCC.c1ccc2c(c1)sc1ncncc12. The highest BCUT2D eigenvalue weighted by Gasteiger charge is 2.03. The van der Waals surface area contributed by atoms with E-state index >= 15 is 0 Å². The topological polar surface area (TPSA) is 25.8 Å². The van der Waals surface area contributed by atoms with Crippen LogP contribution in [-0.4, -0.2) is 9.97 Å². The summed E-state index contributed by atoms with van der Waals surface area (Å²) in [6, 6.07) is 8.31. The fourth-order valence-corrected chi connectivity index (χ4v) is 2.48. The first kappa shape index (κ1) is 11.0. The molecule has 82 valence electrons. The molecule has 16 heavy (non-hydrogen) atoms. The molecule has 0 spiro atoms. The van der Waals surface area contributed by atoms with Crippen LogP contribution in [-0.2, 0) is 0 Å². The standard InChI is InChI=1S/C10H6N2S.C3H8/c1-2-4-9-7(3-1)8-5-11-6-12-10(8)13-9;1-3-2/h1-6H;3H2,1-2H3. The van der Waals surface area contributed by atoms with Gasteiger partial charge in [0.05, 0.1) is 0 Å². The van der Waals surface area contributed by atoms with Gasteiger partial charge in [-0.15, -0.1) is 11.3 Å². The Bertz CT molecular complexity index is 536. The number of nitrogens with zero attached hydrogens (tertiary/aromatic N) is 2. The van der Waals surface area contributed by atoms with Crippen molar-refractivity contribution in [3.05, 3.63) is 36.8 Å². The highest BCUT2D eigenvalue weighted by molar-refractivity contribution is 7.25. The molecule has 1 aromatic carbocycles. The van der Waals surface area contributed by atoms with E-state index in [1.54, 1.807) is 17.7 Å². The Kier molecular flexibility index (Phi) is 3.47. The summed E-state index contributed by atoms with van der Waals surface area (Å²) in [5.41, 5.74) is 0. The number of fused-ring (bicyclic) bond motifs is 3. The zero-order valence-electron chi connectivity index (χ0n) is 9.47. The van der Waals surface area contributed by atoms with E-state index in [0.29, 0.717) is 0 Å². The van der Waals surface area contributed by atoms with Gasteiger partial charge in [-0.3, -0.25) is 0 Å². The van der Waals surface area contributed by atoms with Gasteiger partial charge in [-0.2, -0.15) is 0 Å². The van der Waals surface area contributed by atoms with Gasteiger partial charge in [0.25, 0.3) is 0 Å². The molecule has 0 fully saturated rings. The molecule has 3 rings (SSSR count). The average molecular weight is 230 g/mol. The second-order valence-corrected chi connectivity index (χ2v) is 4.58. The van der Waals surface area contributed by atoms with E-state index in [9.17, 15) is 0 Å². The van der Waals surface area contributed by atoms with Crippen LogP contribution in [0.3, 0.4) is 0 Å². The van der Waals surface area contributed by atoms with Crippen LogP contribution in [0.2, 0.25) is 0 Å². The lowest BCUT2D eigenvalue weighted by Crippen LogP contribution is -1.73. The second kappa shape index (κ2) is 5.03. The van der Waals surface area contributed by atoms with Crippen molar-refractivity contribution in [3.63, 3.8) is 0 Å². The van der Waals surface area contributed by atoms with Gasteiger partial charge in [0.2, 0.25) is 0 Å². The lowest BCUT2D eigenvalue weighted by molar-refractivity contribution is 1.09. The minimum absolute atomic E-state index is 1.07. The Hall–Kier alpha value is -1.48. The van der Waals surface area contributed by atoms with Crippen molar-refractivity contribution in [2.75, 3.05) is 0 Å². The predicted molar refractivity (Wildman–Crippen MR) is 70.9 cm³/mol. The van der Waals surface area contributed by atoms with Gasteiger partial charge in [-0.1, -0.05) is 38.5 Å². The summed E-state index contributed by atoms with van der Waals surface area (Å²) in [4.78, 5) is 9.32. The monoisotopic (exact) mass is 230 g/mol. The third-order valence-corrected chi connectivity index (χ3v) is 3.15. The maximum Gasteiger partial charge on any atom is 0.127 e. The summed E-state index contributed by atoms with van der Waals surface area (Å²) in [5.74, 6) is 0. The van der Waals surface area contributed by atoms with Crippen LogP contribution < -0.4 is 0 Å². The highest BCUT2D eigenvalue weighted by Crippen LogP contribution is 2.30. The summed E-state index contributed by atoms with van der Waals surface area (Å²) < 4.78 is 1.28. The fraction of sp³-hybridized carbons (Fsp3) is 0.231. The molecule has 0 aliphatic heterocycles. The Morgan fingerprint density at radius 2 is 1.88 bits per heavy atom. The molecule has 0 saturated heterocycles. The number of thiophene rings is 1. The molecule has 3 heteroatoms. The molecule has 0 saturated carbocycles. The van der Waals surface area contributed by atoms with Gasteiger partial charge in [-0.05, 0) is 6.07 Å². The number of hydrogen-bond acceptors (Lipinski definition) is 3. The van der Waals surface area contributed by atoms with Crippen molar-refractivity contribution in [3.8, 4) is 0 Å². The van der Waals surface area contributed by atoms with Crippen LogP contribution in [0.5, 0.6) is 0 Å². The molecule has 2 aromatic heterocycles. The summed E-state index contributed by atoms with van der Waals surface area (Å²) >= 11 is 1.71. The Morgan fingerprint density at radius 1 is 1.12 bits per heavy atom. The molecule has 0 radical (unpaired) electrons. The van der Waals surface area contributed by atoms with E-state index in [1.165, 1.54) is 16.5 Å². The summed E-state index contributed by atoms with van der Waals surface area (Å²) in [6.07, 6.45) is 4.72. The van der Waals surface area contributed by atoms with Crippen LogP contribution in [0.4, 0.5) is 0 Å². The molecule has 0 atom stereocenters. The molecule has 3 aromatic rings. The van der Waals surface area contributed by atoms with E-state index in [0.717, 1.165) is 10.2 Å². The first-order chi connectivity index (χ1) is 7.86. The third-order valence-electron chi connectivity index (χ3n) is 2.06. The predicted octanol–water partition coefficient (Wildman–Crippen LogP) is 4.26. The quantitative estimate of drug-likeness (QED) is 0.576. The van der Waals surface area contributed by atoms with Crippen molar-refractivity contribution in [2.45, 2.75) is 20.3 Å². The van der Waals surface area contributed by atoms with E-state index in [4.69, 9.17) is 0 Å². The molecule has 0 bridgehead atoms. The van der Waals surface area contributed by atoms with E-state index in [-0.39, 0.29) is 0 Å². The average Bonchev–Trinajstić information content (AvgIpc) is 2.68. The number of aromatic nitrogens is 2. The maximum absolute atomic E-state index is 4.23. The maximum atomic E-state index is 4.23. The van der Waals surface area contributed by atoms with Gasteiger partial charge >= 0.3 is 0 Å². The molecule has 0 N–H and O–H groups in total. The molecule has 0 aliphatic carbocycles. The third kappa shape index (κ3) is 2.04. The molecule has 2 nitrogen and oxygen atoms in total. The molecular weight excluding hydrogens is 216 g/mol. The summed E-state index contributed by atoms with van der Waals surface area (Å²) in [7, 11) is 0. The Morgan fingerprint density at radius 3 is 2.69 bits per heavy atom. The van der Waals surface area contributed by atoms with Crippen molar-refractivity contribution >= 4 is 31.6 Å². The number of hydrogen-bond donors (Lipinski definition) is 0. The van der Waals surface area contributed by atoms with Crippen molar-refractivity contribution < 1.29 is 0 Å².